The van der Waals surface area contributed by atoms with Crippen LogP contribution in [0, 0.1) is 0 Å². The van der Waals surface area contributed by atoms with Crippen LogP contribution in [0.1, 0.15) is 6.92 Å². The molecule has 0 aliphatic heterocycles. The maximum absolute atomic E-state index is 11.1. The molecule has 1 aromatic carbocycles. The highest BCUT2D eigenvalue weighted by Crippen LogP contribution is 2.14. The van der Waals surface area contributed by atoms with E-state index >= 15 is 0 Å². The van der Waals surface area contributed by atoms with E-state index in [0.29, 0.717) is 5.69 Å². The minimum atomic E-state index is -1.00. The molecule has 0 spiro atoms. The fourth-order valence-corrected chi connectivity index (χ4v) is 0.921. The van der Waals surface area contributed by atoms with Gasteiger partial charge in [-0.15, -0.1) is 0 Å². The van der Waals surface area contributed by atoms with Gasteiger partial charge in [0.05, 0.1) is 7.11 Å². The zero-order valence-electron chi connectivity index (χ0n) is 8.15. The summed E-state index contributed by atoms with van der Waals surface area (Å²) in [5, 5.41) is 11.5. The average Bonchev–Trinajstić information content (AvgIpc) is 2.19. The Balaban J connectivity index is 2.64. The van der Waals surface area contributed by atoms with Crippen molar-refractivity contribution in [2.24, 2.45) is 0 Å². The summed E-state index contributed by atoms with van der Waals surface area (Å²) in [6.07, 6.45) is -1.00. The molecule has 1 atom stereocenters. The number of hydrogen-bond acceptors (Lipinski definition) is 3. The zero-order valence-corrected chi connectivity index (χ0v) is 8.15. The predicted octanol–water partition coefficient (Wildman–Crippen LogP) is 1.01. The third kappa shape index (κ3) is 2.74. The molecule has 2 N–H and O–H groups in total. The molecule has 14 heavy (non-hydrogen) atoms. The number of amides is 1. The minimum absolute atomic E-state index is 0.421. The van der Waals surface area contributed by atoms with E-state index in [-0.39, 0.29) is 0 Å². The van der Waals surface area contributed by atoms with E-state index in [0.717, 1.165) is 5.75 Å². The quantitative estimate of drug-likeness (QED) is 0.756. The van der Waals surface area contributed by atoms with Crippen molar-refractivity contribution in [1.82, 2.24) is 0 Å². The Kier molecular flexibility index (Phi) is 3.48. The molecular formula is C10H13NO3. The van der Waals surface area contributed by atoms with Crippen LogP contribution < -0.4 is 10.1 Å². The summed E-state index contributed by atoms with van der Waals surface area (Å²) in [5.74, 6) is 0.301. The van der Waals surface area contributed by atoms with Crippen molar-refractivity contribution in [2.75, 3.05) is 12.4 Å². The van der Waals surface area contributed by atoms with Crippen molar-refractivity contribution >= 4 is 11.6 Å². The fraction of sp³-hybridized carbons (Fsp3) is 0.300. The normalized spacial score (nSPS) is 11.9. The van der Waals surface area contributed by atoms with Crippen LogP contribution in [0.4, 0.5) is 5.69 Å². The maximum atomic E-state index is 11.1. The number of rotatable bonds is 3. The van der Waals surface area contributed by atoms with Crippen LogP contribution >= 0.6 is 0 Å². The van der Waals surface area contributed by atoms with Gasteiger partial charge in [-0.1, -0.05) is 0 Å². The lowest BCUT2D eigenvalue weighted by molar-refractivity contribution is -0.123. The van der Waals surface area contributed by atoms with Crippen molar-refractivity contribution in [3.05, 3.63) is 24.3 Å². The number of carbonyl (C=O) groups is 1. The molecule has 4 nitrogen and oxygen atoms in total. The highest BCUT2D eigenvalue weighted by Gasteiger charge is 2.07. The zero-order chi connectivity index (χ0) is 10.6. The molecule has 0 aromatic heterocycles. The van der Waals surface area contributed by atoms with Gasteiger partial charge in [-0.25, -0.2) is 0 Å². The van der Waals surface area contributed by atoms with E-state index in [2.05, 4.69) is 5.32 Å². The smallest absolute Gasteiger partial charge is 0.252 e. The maximum Gasteiger partial charge on any atom is 0.252 e. The second-order valence-corrected chi connectivity index (χ2v) is 2.89. The molecule has 0 aliphatic carbocycles. The van der Waals surface area contributed by atoms with Gasteiger partial charge in [0, 0.05) is 5.69 Å². The van der Waals surface area contributed by atoms with Gasteiger partial charge in [-0.05, 0) is 31.2 Å². The molecular weight excluding hydrogens is 182 g/mol. The van der Waals surface area contributed by atoms with E-state index < -0.39 is 12.0 Å². The van der Waals surface area contributed by atoms with Gasteiger partial charge in [0.25, 0.3) is 5.91 Å². The summed E-state index contributed by atoms with van der Waals surface area (Å²) in [6, 6.07) is 6.88. The van der Waals surface area contributed by atoms with E-state index in [1.807, 2.05) is 0 Å². The number of aliphatic hydroxyl groups excluding tert-OH is 1. The van der Waals surface area contributed by atoms with Crippen molar-refractivity contribution < 1.29 is 14.6 Å². The average molecular weight is 195 g/mol. The largest absolute Gasteiger partial charge is 0.497 e. The summed E-state index contributed by atoms with van der Waals surface area (Å²) in [5.41, 5.74) is 0.636. The van der Waals surface area contributed by atoms with Crippen LogP contribution in [0.5, 0.6) is 5.75 Å². The van der Waals surface area contributed by atoms with Crippen molar-refractivity contribution in [2.45, 2.75) is 13.0 Å². The van der Waals surface area contributed by atoms with Gasteiger partial charge in [0.15, 0.2) is 0 Å². The number of methoxy groups -OCH3 is 1. The Hall–Kier alpha value is -1.55. The second-order valence-electron chi connectivity index (χ2n) is 2.89. The molecule has 0 saturated heterocycles. The molecule has 1 aromatic rings. The first-order valence-corrected chi connectivity index (χ1v) is 4.26. The lowest BCUT2D eigenvalue weighted by Crippen LogP contribution is -2.24. The lowest BCUT2D eigenvalue weighted by Gasteiger charge is -2.07. The van der Waals surface area contributed by atoms with E-state index in [4.69, 9.17) is 9.84 Å². The Morgan fingerprint density at radius 1 is 1.43 bits per heavy atom. The first kappa shape index (κ1) is 10.5. The number of ether oxygens (including phenoxy) is 1. The van der Waals surface area contributed by atoms with Crippen LogP contribution in [0.15, 0.2) is 24.3 Å². The molecule has 1 rings (SSSR count). The molecule has 0 aliphatic rings. The Labute approximate surface area is 82.5 Å². The number of carbonyl (C=O) groups excluding carboxylic acids is 1. The molecule has 4 heteroatoms. The van der Waals surface area contributed by atoms with E-state index in [1.165, 1.54) is 6.92 Å². The van der Waals surface area contributed by atoms with Crippen LogP contribution in [0.2, 0.25) is 0 Å². The third-order valence-electron chi connectivity index (χ3n) is 1.74. The van der Waals surface area contributed by atoms with Crippen LogP contribution in [-0.4, -0.2) is 24.2 Å². The SMILES string of the molecule is COc1ccc(NC(=O)C(C)O)cc1. The predicted molar refractivity (Wildman–Crippen MR) is 53.3 cm³/mol. The number of nitrogens with one attached hydrogen (secondary N) is 1. The van der Waals surface area contributed by atoms with Gasteiger partial charge in [0.1, 0.15) is 11.9 Å². The topological polar surface area (TPSA) is 58.6 Å². The molecule has 0 radical (unpaired) electrons. The van der Waals surface area contributed by atoms with Crippen LogP contribution in [0.25, 0.3) is 0 Å². The van der Waals surface area contributed by atoms with Crippen molar-refractivity contribution in [3.63, 3.8) is 0 Å². The van der Waals surface area contributed by atoms with E-state index in [1.54, 1.807) is 31.4 Å². The molecule has 0 saturated carbocycles. The Morgan fingerprint density at radius 2 is 2.00 bits per heavy atom. The highest BCUT2D eigenvalue weighted by molar-refractivity contribution is 5.93. The van der Waals surface area contributed by atoms with Crippen LogP contribution in [0.3, 0.4) is 0 Å². The summed E-state index contributed by atoms with van der Waals surface area (Å²) >= 11 is 0. The van der Waals surface area contributed by atoms with Crippen molar-refractivity contribution in [3.8, 4) is 5.75 Å². The van der Waals surface area contributed by atoms with Gasteiger partial charge in [-0.3, -0.25) is 4.79 Å². The lowest BCUT2D eigenvalue weighted by atomic mass is 10.3. The summed E-state index contributed by atoms with van der Waals surface area (Å²) in [6.45, 7) is 1.42. The minimum Gasteiger partial charge on any atom is -0.497 e. The number of hydrogen-bond donors (Lipinski definition) is 2. The van der Waals surface area contributed by atoms with Crippen molar-refractivity contribution in [1.29, 1.82) is 0 Å². The highest BCUT2D eigenvalue weighted by atomic mass is 16.5. The first-order chi connectivity index (χ1) is 6.63. The molecule has 0 heterocycles. The number of aliphatic hydroxyl groups is 1. The molecule has 1 unspecified atom stereocenters. The third-order valence-corrected chi connectivity index (χ3v) is 1.74. The summed E-state index contributed by atoms with van der Waals surface area (Å²) < 4.78 is 4.96. The summed E-state index contributed by atoms with van der Waals surface area (Å²) in [7, 11) is 1.57. The van der Waals surface area contributed by atoms with Gasteiger partial charge in [-0.2, -0.15) is 0 Å². The summed E-state index contributed by atoms with van der Waals surface area (Å²) in [4.78, 5) is 11.1. The fourth-order valence-electron chi connectivity index (χ4n) is 0.921. The van der Waals surface area contributed by atoms with Gasteiger partial charge >= 0.3 is 0 Å². The standard InChI is InChI=1S/C10H13NO3/c1-7(12)10(13)11-8-3-5-9(14-2)6-4-8/h3-7,12H,1-2H3,(H,11,13). The van der Waals surface area contributed by atoms with Gasteiger partial charge in [0.2, 0.25) is 0 Å². The molecule has 0 fully saturated rings. The Morgan fingerprint density at radius 3 is 2.43 bits per heavy atom. The Bertz CT molecular complexity index is 306. The molecule has 1 amide bonds. The molecule has 76 valence electrons. The number of anilines is 1. The monoisotopic (exact) mass is 195 g/mol. The van der Waals surface area contributed by atoms with E-state index in [9.17, 15) is 4.79 Å². The molecule has 0 bridgehead atoms. The first-order valence-electron chi connectivity index (χ1n) is 4.26. The second kappa shape index (κ2) is 4.62. The number of benzene rings is 1. The van der Waals surface area contributed by atoms with Crippen LogP contribution in [-0.2, 0) is 4.79 Å². The van der Waals surface area contributed by atoms with Gasteiger partial charge < -0.3 is 15.2 Å².